The lowest BCUT2D eigenvalue weighted by molar-refractivity contribution is 0.139. The van der Waals surface area contributed by atoms with Gasteiger partial charge in [-0.05, 0) is 37.7 Å². The molecule has 0 unspecified atom stereocenters. The third kappa shape index (κ3) is 4.55. The van der Waals surface area contributed by atoms with Crippen molar-refractivity contribution >= 4 is 6.09 Å². The van der Waals surface area contributed by atoms with Gasteiger partial charge in [-0.25, -0.2) is 4.79 Å². The van der Waals surface area contributed by atoms with Gasteiger partial charge in [-0.2, -0.15) is 0 Å². The van der Waals surface area contributed by atoms with Crippen molar-refractivity contribution < 1.29 is 9.53 Å². The molecule has 0 saturated carbocycles. The molecule has 23 heavy (non-hydrogen) atoms. The van der Waals surface area contributed by atoms with E-state index >= 15 is 0 Å². The molecule has 0 radical (unpaired) electrons. The summed E-state index contributed by atoms with van der Waals surface area (Å²) in [6.07, 6.45) is 5.66. The van der Waals surface area contributed by atoms with Crippen LogP contribution in [0.5, 0.6) is 6.01 Å². The lowest BCUT2D eigenvalue weighted by atomic mass is 10.1. The van der Waals surface area contributed by atoms with E-state index in [9.17, 15) is 4.79 Å². The van der Waals surface area contributed by atoms with E-state index in [1.54, 1.807) is 4.90 Å². The predicted octanol–water partition coefficient (Wildman–Crippen LogP) is 2.96. The number of likely N-dealkylation sites (tertiary alicyclic amines) is 1. The Balaban J connectivity index is 1.45. The Kier molecular flexibility index (Phi) is 5.24. The second-order valence-electron chi connectivity index (χ2n) is 5.83. The molecule has 0 spiro atoms. The van der Waals surface area contributed by atoms with E-state index in [1.165, 1.54) is 12.0 Å². The minimum atomic E-state index is -0.336. The molecule has 3 rings (SSSR count). The smallest absolute Gasteiger partial charge is 0.374 e. The Morgan fingerprint density at radius 2 is 1.87 bits per heavy atom. The number of rotatable bonds is 5. The first-order valence-corrected chi connectivity index (χ1v) is 8.23. The molecule has 1 N–H and O–H groups in total. The van der Waals surface area contributed by atoms with Crippen molar-refractivity contribution in [2.75, 3.05) is 13.1 Å². The molecule has 1 aromatic heterocycles. The largest absolute Gasteiger partial charge is 0.417 e. The van der Waals surface area contributed by atoms with Gasteiger partial charge in [0, 0.05) is 19.5 Å². The number of aromatic amines is 1. The van der Waals surface area contributed by atoms with Crippen molar-refractivity contribution in [2.45, 2.75) is 38.5 Å². The van der Waals surface area contributed by atoms with Crippen LogP contribution < -0.4 is 4.74 Å². The molecule has 122 valence electrons. The van der Waals surface area contributed by atoms with E-state index in [1.807, 2.05) is 18.2 Å². The van der Waals surface area contributed by atoms with E-state index in [-0.39, 0.29) is 12.1 Å². The number of carbonyl (C=O) groups excluding carboxylic acids is 1. The molecule has 1 aliphatic heterocycles. The van der Waals surface area contributed by atoms with Crippen molar-refractivity contribution in [2.24, 2.45) is 0 Å². The van der Waals surface area contributed by atoms with Crippen molar-refractivity contribution in [1.29, 1.82) is 0 Å². The van der Waals surface area contributed by atoms with E-state index < -0.39 is 0 Å². The number of hydrogen-bond acceptors (Lipinski definition) is 4. The Hall–Kier alpha value is -2.37. The third-order valence-electron chi connectivity index (χ3n) is 4.03. The van der Waals surface area contributed by atoms with Gasteiger partial charge in [0.2, 0.25) is 0 Å². The van der Waals surface area contributed by atoms with Gasteiger partial charge < -0.3 is 9.64 Å². The fourth-order valence-electron chi connectivity index (χ4n) is 2.77. The first kappa shape index (κ1) is 15.5. The highest BCUT2D eigenvalue weighted by Gasteiger charge is 2.19. The molecule has 0 bridgehead atoms. The van der Waals surface area contributed by atoms with Gasteiger partial charge in [0.05, 0.1) is 0 Å². The van der Waals surface area contributed by atoms with Gasteiger partial charge in [-0.15, -0.1) is 5.10 Å². The van der Waals surface area contributed by atoms with E-state index in [4.69, 9.17) is 4.74 Å². The van der Waals surface area contributed by atoms with Crippen LogP contribution in [0, 0.1) is 0 Å². The van der Waals surface area contributed by atoms with Crippen LogP contribution in [0.25, 0.3) is 0 Å². The van der Waals surface area contributed by atoms with E-state index in [2.05, 4.69) is 27.3 Å². The van der Waals surface area contributed by atoms with Crippen molar-refractivity contribution in [1.82, 2.24) is 20.1 Å². The zero-order chi connectivity index (χ0) is 15.9. The summed E-state index contributed by atoms with van der Waals surface area (Å²) in [6, 6.07) is 10.5. The molecule has 0 atom stereocenters. The highest BCUT2D eigenvalue weighted by Crippen LogP contribution is 2.12. The Labute approximate surface area is 135 Å². The molecule has 1 aliphatic rings. The number of aryl methyl sites for hydroxylation is 2. The number of carbonyl (C=O) groups is 1. The quantitative estimate of drug-likeness (QED) is 0.921. The van der Waals surface area contributed by atoms with Gasteiger partial charge in [-0.1, -0.05) is 35.4 Å². The maximum Gasteiger partial charge on any atom is 0.417 e. The average Bonchev–Trinajstić information content (AvgIpc) is 3.04. The molecule has 1 aromatic carbocycles. The van der Waals surface area contributed by atoms with Crippen molar-refractivity contribution in [3.63, 3.8) is 0 Å². The fraction of sp³-hybridized carbons (Fsp3) is 0.471. The summed E-state index contributed by atoms with van der Waals surface area (Å²) in [4.78, 5) is 16.7. The van der Waals surface area contributed by atoms with Gasteiger partial charge in [0.1, 0.15) is 5.82 Å². The molecule has 6 heteroatoms. The molecule has 2 heterocycles. The Morgan fingerprint density at radius 1 is 1.09 bits per heavy atom. The van der Waals surface area contributed by atoms with Gasteiger partial charge in [0.15, 0.2) is 0 Å². The molecule has 1 saturated heterocycles. The highest BCUT2D eigenvalue weighted by atomic mass is 16.6. The number of aromatic nitrogens is 3. The van der Waals surface area contributed by atoms with Crippen molar-refractivity contribution in [3.05, 3.63) is 41.7 Å². The first-order valence-electron chi connectivity index (χ1n) is 8.23. The summed E-state index contributed by atoms with van der Waals surface area (Å²) in [5.41, 5.74) is 1.31. The van der Waals surface area contributed by atoms with Gasteiger partial charge in [-0.3, -0.25) is 4.98 Å². The Morgan fingerprint density at radius 3 is 2.65 bits per heavy atom. The molecule has 1 fully saturated rings. The molecule has 6 nitrogen and oxygen atoms in total. The number of nitrogens with zero attached hydrogens (tertiary/aromatic N) is 3. The van der Waals surface area contributed by atoms with Crippen molar-refractivity contribution in [3.8, 4) is 6.01 Å². The maximum atomic E-state index is 12.0. The zero-order valence-corrected chi connectivity index (χ0v) is 13.2. The molecular formula is C17H22N4O2. The minimum absolute atomic E-state index is 0.190. The number of benzene rings is 1. The first-order chi connectivity index (χ1) is 11.3. The van der Waals surface area contributed by atoms with Crippen LogP contribution in [-0.2, 0) is 12.8 Å². The molecular weight excluding hydrogens is 292 g/mol. The summed E-state index contributed by atoms with van der Waals surface area (Å²) >= 11 is 0. The molecule has 1 amide bonds. The maximum absolute atomic E-state index is 12.0. The van der Waals surface area contributed by atoms with Gasteiger partial charge >= 0.3 is 12.1 Å². The minimum Gasteiger partial charge on any atom is -0.374 e. The SMILES string of the molecule is O=C(Oc1nnc(CCCc2ccccc2)[nH]1)N1CCCCC1. The number of piperidine rings is 1. The van der Waals surface area contributed by atoms with E-state index in [0.29, 0.717) is 0 Å². The fourth-order valence-corrected chi connectivity index (χ4v) is 2.77. The summed E-state index contributed by atoms with van der Waals surface area (Å²) in [5.74, 6) is 0.752. The standard InChI is InChI=1S/C17H22N4O2/c22-17(21-12-5-2-6-13-21)23-16-18-15(19-20-16)11-7-10-14-8-3-1-4-9-14/h1,3-4,8-9H,2,5-7,10-13H2,(H,18,19,20). The second kappa shape index (κ2) is 7.76. The molecule has 2 aromatic rings. The van der Waals surface area contributed by atoms with Crippen LogP contribution in [0.2, 0.25) is 0 Å². The average molecular weight is 314 g/mol. The van der Waals surface area contributed by atoms with Gasteiger partial charge in [0.25, 0.3) is 0 Å². The van der Waals surface area contributed by atoms with Crippen LogP contribution in [0.4, 0.5) is 4.79 Å². The van der Waals surface area contributed by atoms with E-state index in [0.717, 1.165) is 51.0 Å². The van der Waals surface area contributed by atoms with Crippen LogP contribution in [0.3, 0.4) is 0 Å². The number of ether oxygens (including phenoxy) is 1. The zero-order valence-electron chi connectivity index (χ0n) is 13.2. The Bertz CT molecular complexity index is 621. The summed E-state index contributed by atoms with van der Waals surface area (Å²) in [7, 11) is 0. The van der Waals surface area contributed by atoms with Crippen LogP contribution in [-0.4, -0.2) is 39.3 Å². The lowest BCUT2D eigenvalue weighted by Gasteiger charge is -2.24. The monoisotopic (exact) mass is 314 g/mol. The number of H-pyrrole nitrogens is 1. The van der Waals surface area contributed by atoms with Crippen LogP contribution in [0.15, 0.2) is 30.3 Å². The van der Waals surface area contributed by atoms with Crippen LogP contribution >= 0.6 is 0 Å². The summed E-state index contributed by atoms with van der Waals surface area (Å²) in [5, 5.41) is 7.95. The normalized spacial score (nSPS) is 14.7. The topological polar surface area (TPSA) is 71.1 Å². The number of nitrogens with one attached hydrogen (secondary N) is 1. The third-order valence-corrected chi connectivity index (χ3v) is 4.03. The highest BCUT2D eigenvalue weighted by molar-refractivity contribution is 5.69. The second-order valence-corrected chi connectivity index (χ2v) is 5.83. The number of amides is 1. The molecule has 0 aliphatic carbocycles. The predicted molar refractivity (Wildman–Crippen MR) is 86.3 cm³/mol. The number of hydrogen-bond donors (Lipinski definition) is 1. The summed E-state index contributed by atoms with van der Waals surface area (Å²) in [6.45, 7) is 1.52. The summed E-state index contributed by atoms with van der Waals surface area (Å²) < 4.78 is 5.26. The van der Waals surface area contributed by atoms with Crippen LogP contribution in [0.1, 0.15) is 37.1 Å². The lowest BCUT2D eigenvalue weighted by Crippen LogP contribution is -2.37.